The van der Waals surface area contributed by atoms with Crippen LogP contribution in [0.5, 0.6) is 0 Å². The van der Waals surface area contributed by atoms with Crippen molar-refractivity contribution in [1.82, 2.24) is 15.1 Å². The number of rotatable bonds is 6. The van der Waals surface area contributed by atoms with E-state index in [-0.39, 0.29) is 5.91 Å². The minimum absolute atomic E-state index is 0.290. The van der Waals surface area contributed by atoms with E-state index in [0.29, 0.717) is 32.6 Å². The number of benzene rings is 1. The lowest BCUT2D eigenvalue weighted by Gasteiger charge is -2.36. The van der Waals surface area contributed by atoms with Crippen molar-refractivity contribution < 1.29 is 23.9 Å². The normalized spacial score (nSPS) is 21.9. The second-order valence-corrected chi connectivity index (χ2v) is 7.37. The highest BCUT2D eigenvalue weighted by molar-refractivity contribution is 6.08. The Kier molecular flexibility index (Phi) is 6.05. The van der Waals surface area contributed by atoms with Crippen LogP contribution in [0.3, 0.4) is 0 Å². The molecule has 0 bridgehead atoms. The molecule has 0 radical (unpaired) electrons. The van der Waals surface area contributed by atoms with Gasteiger partial charge < -0.3 is 19.9 Å². The van der Waals surface area contributed by atoms with Crippen LogP contribution in [0.4, 0.5) is 10.5 Å². The van der Waals surface area contributed by atoms with Gasteiger partial charge in [0.25, 0.3) is 11.8 Å². The minimum atomic E-state index is -1.01. The van der Waals surface area contributed by atoms with Gasteiger partial charge in [-0.25, -0.2) is 4.79 Å². The lowest BCUT2D eigenvalue weighted by Crippen LogP contribution is -2.50. The first-order valence-electron chi connectivity index (χ1n) is 9.71. The molecule has 1 aromatic rings. The van der Waals surface area contributed by atoms with Crippen molar-refractivity contribution in [3.05, 3.63) is 30.3 Å². The number of para-hydroxylation sites is 1. The number of hydrogen-bond donors (Lipinski definition) is 1. The van der Waals surface area contributed by atoms with Gasteiger partial charge in [-0.15, -0.1) is 0 Å². The third-order valence-electron chi connectivity index (χ3n) is 5.45. The third-order valence-corrected chi connectivity index (χ3v) is 5.45. The molecule has 0 saturated carbocycles. The molecule has 2 aliphatic heterocycles. The number of ether oxygens (including phenoxy) is 1. The summed E-state index contributed by atoms with van der Waals surface area (Å²) < 4.78 is 5.01. The second kappa shape index (κ2) is 8.50. The number of imide groups is 1. The van der Waals surface area contributed by atoms with Gasteiger partial charge in [-0.1, -0.05) is 25.1 Å². The third kappa shape index (κ3) is 4.49. The second-order valence-electron chi connectivity index (χ2n) is 7.37. The van der Waals surface area contributed by atoms with E-state index >= 15 is 0 Å². The van der Waals surface area contributed by atoms with Gasteiger partial charge in [-0.05, 0) is 25.5 Å². The summed E-state index contributed by atoms with van der Waals surface area (Å²) in [6, 6.07) is 9.33. The van der Waals surface area contributed by atoms with E-state index < -0.39 is 36.6 Å². The van der Waals surface area contributed by atoms with Gasteiger partial charge in [0.15, 0.2) is 6.61 Å². The van der Waals surface area contributed by atoms with Gasteiger partial charge in [0.2, 0.25) is 0 Å². The smallest absolute Gasteiger partial charge is 0.326 e. The van der Waals surface area contributed by atoms with Crippen LogP contribution in [0.2, 0.25) is 0 Å². The fourth-order valence-electron chi connectivity index (χ4n) is 3.39. The molecule has 2 fully saturated rings. The molecule has 1 aromatic carbocycles. The molecule has 4 amide bonds. The molecule has 0 aliphatic carbocycles. The largest absolute Gasteiger partial charge is 0.454 e. The van der Waals surface area contributed by atoms with Gasteiger partial charge >= 0.3 is 12.0 Å². The Bertz CT molecular complexity index is 791. The summed E-state index contributed by atoms with van der Waals surface area (Å²) in [5, 5.41) is 2.57. The molecule has 29 heavy (non-hydrogen) atoms. The van der Waals surface area contributed by atoms with E-state index in [2.05, 4.69) is 10.2 Å². The van der Waals surface area contributed by atoms with Crippen LogP contribution in [0.1, 0.15) is 20.3 Å². The molecule has 0 unspecified atom stereocenters. The fourth-order valence-corrected chi connectivity index (χ4v) is 3.39. The zero-order valence-electron chi connectivity index (χ0n) is 16.7. The summed E-state index contributed by atoms with van der Waals surface area (Å²) in [5.41, 5.74) is 0.102. The van der Waals surface area contributed by atoms with Crippen molar-refractivity contribution in [3.8, 4) is 0 Å². The summed E-state index contributed by atoms with van der Waals surface area (Å²) >= 11 is 0. The quantitative estimate of drug-likeness (QED) is 0.553. The van der Waals surface area contributed by atoms with Crippen LogP contribution in [-0.4, -0.2) is 78.5 Å². The highest BCUT2D eigenvalue weighted by Crippen LogP contribution is 2.20. The zero-order valence-corrected chi connectivity index (χ0v) is 16.7. The number of carbonyl (C=O) groups is 4. The van der Waals surface area contributed by atoms with Crippen molar-refractivity contribution >= 4 is 29.5 Å². The summed E-state index contributed by atoms with van der Waals surface area (Å²) in [7, 11) is 0. The number of esters is 1. The predicted octanol–water partition coefficient (Wildman–Crippen LogP) is 0.599. The standard InChI is InChI=1S/C20H26N4O5/c1-3-20(2)18(27)24(19(28)21-20)13-17(26)29-14-16(25)23-11-9-22(10-12-23)15-7-5-4-6-8-15/h4-8H,3,9-14H2,1-2H3,(H,21,28)/t20-/m0/s1. The topological polar surface area (TPSA) is 99.3 Å². The van der Waals surface area contributed by atoms with Crippen LogP contribution in [-0.2, 0) is 19.1 Å². The number of hydrogen-bond acceptors (Lipinski definition) is 6. The molecule has 156 valence electrons. The number of anilines is 1. The van der Waals surface area contributed by atoms with Gasteiger partial charge in [-0.2, -0.15) is 0 Å². The van der Waals surface area contributed by atoms with Gasteiger partial charge in [-0.3, -0.25) is 19.3 Å². The first-order valence-corrected chi connectivity index (χ1v) is 9.71. The van der Waals surface area contributed by atoms with E-state index in [4.69, 9.17) is 4.74 Å². The Balaban J connectivity index is 1.43. The molecule has 2 saturated heterocycles. The van der Waals surface area contributed by atoms with Crippen LogP contribution in [0.15, 0.2) is 30.3 Å². The minimum Gasteiger partial charge on any atom is -0.454 e. The number of urea groups is 1. The Morgan fingerprint density at radius 3 is 2.34 bits per heavy atom. The average molecular weight is 402 g/mol. The first-order chi connectivity index (χ1) is 13.8. The van der Waals surface area contributed by atoms with E-state index in [1.165, 1.54) is 0 Å². The average Bonchev–Trinajstić information content (AvgIpc) is 2.96. The lowest BCUT2D eigenvalue weighted by molar-refractivity contribution is -0.153. The number of amides is 4. The van der Waals surface area contributed by atoms with Gasteiger partial charge in [0, 0.05) is 31.9 Å². The van der Waals surface area contributed by atoms with Crippen molar-refractivity contribution in [2.24, 2.45) is 0 Å². The molecule has 0 aromatic heterocycles. The van der Waals surface area contributed by atoms with Crippen LogP contribution in [0, 0.1) is 0 Å². The monoisotopic (exact) mass is 402 g/mol. The van der Waals surface area contributed by atoms with Crippen molar-refractivity contribution in [1.29, 1.82) is 0 Å². The van der Waals surface area contributed by atoms with Crippen molar-refractivity contribution in [2.75, 3.05) is 44.2 Å². The molecule has 1 atom stereocenters. The van der Waals surface area contributed by atoms with E-state index in [1.54, 1.807) is 18.7 Å². The summed E-state index contributed by atoms with van der Waals surface area (Å²) in [6.45, 7) is 4.94. The van der Waals surface area contributed by atoms with E-state index in [1.807, 2.05) is 30.3 Å². The van der Waals surface area contributed by atoms with Crippen molar-refractivity contribution in [2.45, 2.75) is 25.8 Å². The molecule has 0 spiro atoms. The highest BCUT2D eigenvalue weighted by atomic mass is 16.5. The first kappa shape index (κ1) is 20.6. The summed E-state index contributed by atoms with van der Waals surface area (Å²) in [5.74, 6) is -1.54. The van der Waals surface area contributed by atoms with Gasteiger partial charge in [0.05, 0.1) is 0 Å². The lowest BCUT2D eigenvalue weighted by atomic mass is 9.99. The molecule has 9 heteroatoms. The van der Waals surface area contributed by atoms with E-state index in [9.17, 15) is 19.2 Å². The van der Waals surface area contributed by atoms with Crippen molar-refractivity contribution in [3.63, 3.8) is 0 Å². The Morgan fingerprint density at radius 1 is 1.10 bits per heavy atom. The zero-order chi connectivity index (χ0) is 21.0. The number of carbonyl (C=O) groups excluding carboxylic acids is 4. The van der Waals surface area contributed by atoms with E-state index in [0.717, 1.165) is 10.6 Å². The molecule has 2 aliphatic rings. The summed E-state index contributed by atoms with van der Waals surface area (Å²) in [6.07, 6.45) is 0.413. The molecule has 3 rings (SSSR count). The molecular formula is C20H26N4O5. The Labute approximate surface area is 169 Å². The van der Waals surface area contributed by atoms with Crippen LogP contribution in [0.25, 0.3) is 0 Å². The maximum Gasteiger partial charge on any atom is 0.326 e. The van der Waals surface area contributed by atoms with Gasteiger partial charge in [0.1, 0.15) is 12.1 Å². The fraction of sp³-hybridized carbons (Fsp3) is 0.500. The Morgan fingerprint density at radius 2 is 1.76 bits per heavy atom. The molecular weight excluding hydrogens is 376 g/mol. The SMILES string of the molecule is CC[C@]1(C)NC(=O)N(CC(=O)OCC(=O)N2CCN(c3ccccc3)CC2)C1=O. The predicted molar refractivity (Wildman–Crippen MR) is 105 cm³/mol. The maximum atomic E-state index is 12.3. The number of nitrogens with zero attached hydrogens (tertiary/aromatic N) is 3. The molecule has 1 N–H and O–H groups in total. The van der Waals surface area contributed by atoms with Crippen LogP contribution < -0.4 is 10.2 Å². The molecule has 2 heterocycles. The Hall–Kier alpha value is -3.10. The maximum absolute atomic E-state index is 12.3. The molecule has 9 nitrogen and oxygen atoms in total. The highest BCUT2D eigenvalue weighted by Gasteiger charge is 2.47. The summed E-state index contributed by atoms with van der Waals surface area (Å²) in [4.78, 5) is 53.3. The number of piperazine rings is 1. The van der Waals surface area contributed by atoms with Crippen LogP contribution >= 0.6 is 0 Å². The number of nitrogens with one attached hydrogen (secondary N) is 1.